The summed E-state index contributed by atoms with van der Waals surface area (Å²) < 4.78 is 10.9. The van der Waals surface area contributed by atoms with Crippen LogP contribution in [-0.4, -0.2) is 19.1 Å². The van der Waals surface area contributed by atoms with Gasteiger partial charge in [-0.25, -0.2) is 0 Å². The topological polar surface area (TPSA) is 59.6 Å². The fourth-order valence-corrected chi connectivity index (χ4v) is 2.47. The van der Waals surface area contributed by atoms with Crippen LogP contribution in [-0.2, 0) is 4.79 Å². The van der Waals surface area contributed by atoms with E-state index in [1.807, 2.05) is 85.8 Å². The first-order valence-corrected chi connectivity index (χ1v) is 8.80. The summed E-state index contributed by atoms with van der Waals surface area (Å²) in [6, 6.07) is 24.5. The van der Waals surface area contributed by atoms with Crippen LogP contribution in [0.1, 0.15) is 6.92 Å². The van der Waals surface area contributed by atoms with E-state index in [0.717, 1.165) is 17.1 Å². The Bertz CT molecular complexity index is 847. The molecular formula is C22H22N2O3. The number of anilines is 3. The van der Waals surface area contributed by atoms with Crippen molar-refractivity contribution in [1.29, 1.82) is 0 Å². The van der Waals surface area contributed by atoms with Gasteiger partial charge in [-0.1, -0.05) is 18.2 Å². The number of nitrogens with one attached hydrogen (secondary N) is 2. The van der Waals surface area contributed by atoms with Crippen LogP contribution >= 0.6 is 0 Å². The second-order valence-corrected chi connectivity index (χ2v) is 5.81. The average Bonchev–Trinajstić information content (AvgIpc) is 2.70. The minimum absolute atomic E-state index is 0.0316. The molecule has 0 aromatic heterocycles. The van der Waals surface area contributed by atoms with E-state index in [2.05, 4.69) is 10.6 Å². The van der Waals surface area contributed by atoms with Gasteiger partial charge in [0.2, 0.25) is 0 Å². The number of ether oxygens (including phenoxy) is 2. The molecule has 5 nitrogen and oxygen atoms in total. The summed E-state index contributed by atoms with van der Waals surface area (Å²) >= 11 is 0. The highest BCUT2D eigenvalue weighted by molar-refractivity contribution is 5.92. The van der Waals surface area contributed by atoms with E-state index in [-0.39, 0.29) is 12.5 Å². The van der Waals surface area contributed by atoms with Gasteiger partial charge in [-0.3, -0.25) is 4.79 Å². The number of benzene rings is 3. The molecule has 138 valence electrons. The third-order valence-corrected chi connectivity index (χ3v) is 3.74. The molecule has 0 aliphatic rings. The van der Waals surface area contributed by atoms with Crippen molar-refractivity contribution in [3.8, 4) is 11.5 Å². The molecule has 0 saturated carbocycles. The van der Waals surface area contributed by atoms with Crippen molar-refractivity contribution in [2.45, 2.75) is 6.92 Å². The van der Waals surface area contributed by atoms with Gasteiger partial charge in [-0.05, 0) is 67.6 Å². The highest BCUT2D eigenvalue weighted by Crippen LogP contribution is 2.21. The van der Waals surface area contributed by atoms with E-state index in [4.69, 9.17) is 9.47 Å². The maximum Gasteiger partial charge on any atom is 0.262 e. The Morgan fingerprint density at radius 3 is 1.93 bits per heavy atom. The van der Waals surface area contributed by atoms with Crippen LogP contribution in [0.5, 0.6) is 11.5 Å². The Morgan fingerprint density at radius 1 is 0.741 bits per heavy atom. The van der Waals surface area contributed by atoms with E-state index in [1.54, 1.807) is 0 Å². The highest BCUT2D eigenvalue weighted by atomic mass is 16.5. The molecule has 0 aliphatic carbocycles. The van der Waals surface area contributed by atoms with Crippen LogP contribution in [0.3, 0.4) is 0 Å². The maximum atomic E-state index is 12.0. The van der Waals surface area contributed by atoms with Crippen molar-refractivity contribution in [3.05, 3.63) is 78.9 Å². The molecule has 0 aliphatic heterocycles. The lowest BCUT2D eigenvalue weighted by Gasteiger charge is -2.10. The Labute approximate surface area is 158 Å². The van der Waals surface area contributed by atoms with E-state index in [0.29, 0.717) is 18.0 Å². The lowest BCUT2D eigenvalue weighted by Crippen LogP contribution is -2.20. The largest absolute Gasteiger partial charge is 0.494 e. The van der Waals surface area contributed by atoms with Gasteiger partial charge in [0.15, 0.2) is 6.61 Å². The second kappa shape index (κ2) is 9.29. The first kappa shape index (κ1) is 18.3. The monoisotopic (exact) mass is 362 g/mol. The van der Waals surface area contributed by atoms with Gasteiger partial charge >= 0.3 is 0 Å². The summed E-state index contributed by atoms with van der Waals surface area (Å²) in [5.74, 6) is 1.31. The summed E-state index contributed by atoms with van der Waals surface area (Å²) in [7, 11) is 0. The van der Waals surface area contributed by atoms with Crippen molar-refractivity contribution in [2.75, 3.05) is 23.8 Å². The molecule has 0 fully saturated rings. The van der Waals surface area contributed by atoms with Gasteiger partial charge in [-0.15, -0.1) is 0 Å². The Kier molecular flexibility index (Phi) is 6.30. The SMILES string of the molecule is CCOc1ccc(Nc2ccc(NC(=O)COc3ccccc3)cc2)cc1. The van der Waals surface area contributed by atoms with Crippen LogP contribution < -0.4 is 20.1 Å². The number of carbonyl (C=O) groups is 1. The molecule has 5 heteroatoms. The van der Waals surface area contributed by atoms with Crippen molar-refractivity contribution >= 4 is 23.0 Å². The molecule has 0 bridgehead atoms. The Hall–Kier alpha value is -3.47. The van der Waals surface area contributed by atoms with Crippen molar-refractivity contribution in [1.82, 2.24) is 0 Å². The molecule has 2 N–H and O–H groups in total. The molecule has 0 heterocycles. The number of hydrogen-bond donors (Lipinski definition) is 2. The molecule has 1 amide bonds. The normalized spacial score (nSPS) is 10.1. The van der Waals surface area contributed by atoms with E-state index in [9.17, 15) is 4.79 Å². The van der Waals surface area contributed by atoms with Gasteiger partial charge in [0.05, 0.1) is 6.61 Å². The van der Waals surface area contributed by atoms with E-state index >= 15 is 0 Å². The fraction of sp³-hybridized carbons (Fsp3) is 0.136. The molecule has 0 saturated heterocycles. The summed E-state index contributed by atoms with van der Waals surface area (Å²) in [5.41, 5.74) is 2.61. The highest BCUT2D eigenvalue weighted by Gasteiger charge is 2.04. The van der Waals surface area contributed by atoms with Crippen LogP contribution in [0.15, 0.2) is 78.9 Å². The standard InChI is InChI=1S/C22H22N2O3/c1-2-26-21-14-12-18(13-15-21)23-17-8-10-19(11-9-17)24-22(25)16-27-20-6-4-3-5-7-20/h3-15,23H,2,16H2,1H3,(H,24,25). The third kappa shape index (κ3) is 5.78. The Balaban J connectivity index is 1.50. The quantitative estimate of drug-likeness (QED) is 0.602. The van der Waals surface area contributed by atoms with Crippen molar-refractivity contribution in [3.63, 3.8) is 0 Å². The smallest absolute Gasteiger partial charge is 0.262 e. The van der Waals surface area contributed by atoms with Gasteiger partial charge in [0.25, 0.3) is 5.91 Å². The summed E-state index contributed by atoms with van der Waals surface area (Å²) in [5, 5.41) is 6.12. The van der Waals surface area contributed by atoms with Crippen LogP contribution in [0.4, 0.5) is 17.1 Å². The zero-order valence-electron chi connectivity index (χ0n) is 15.1. The average molecular weight is 362 g/mol. The third-order valence-electron chi connectivity index (χ3n) is 3.74. The summed E-state index contributed by atoms with van der Waals surface area (Å²) in [6.45, 7) is 2.58. The van der Waals surface area contributed by atoms with Crippen molar-refractivity contribution < 1.29 is 14.3 Å². The van der Waals surface area contributed by atoms with Crippen molar-refractivity contribution in [2.24, 2.45) is 0 Å². The molecule has 0 spiro atoms. The zero-order chi connectivity index (χ0) is 18.9. The first-order chi connectivity index (χ1) is 13.2. The number of rotatable bonds is 8. The maximum absolute atomic E-state index is 12.0. The zero-order valence-corrected chi connectivity index (χ0v) is 15.1. The van der Waals surface area contributed by atoms with Gasteiger partial charge in [0.1, 0.15) is 11.5 Å². The lowest BCUT2D eigenvalue weighted by atomic mass is 10.2. The fourth-order valence-electron chi connectivity index (χ4n) is 2.47. The predicted octanol–water partition coefficient (Wildman–Crippen LogP) is 4.85. The molecule has 27 heavy (non-hydrogen) atoms. The number of carbonyl (C=O) groups excluding carboxylic acids is 1. The molecule has 3 aromatic carbocycles. The number of hydrogen-bond acceptors (Lipinski definition) is 4. The van der Waals surface area contributed by atoms with Crippen LogP contribution in [0.25, 0.3) is 0 Å². The van der Waals surface area contributed by atoms with Gasteiger partial charge < -0.3 is 20.1 Å². The number of amides is 1. The second-order valence-electron chi connectivity index (χ2n) is 5.81. The molecule has 0 unspecified atom stereocenters. The van der Waals surface area contributed by atoms with Crippen LogP contribution in [0.2, 0.25) is 0 Å². The Morgan fingerprint density at radius 2 is 1.30 bits per heavy atom. The molecule has 0 radical (unpaired) electrons. The number of para-hydroxylation sites is 1. The first-order valence-electron chi connectivity index (χ1n) is 8.80. The summed E-state index contributed by atoms with van der Waals surface area (Å²) in [4.78, 5) is 12.0. The lowest BCUT2D eigenvalue weighted by molar-refractivity contribution is -0.118. The van der Waals surface area contributed by atoms with Gasteiger partial charge in [-0.2, -0.15) is 0 Å². The van der Waals surface area contributed by atoms with Gasteiger partial charge in [0, 0.05) is 17.1 Å². The molecule has 3 rings (SSSR count). The molecular weight excluding hydrogens is 340 g/mol. The molecule has 0 atom stereocenters. The van der Waals surface area contributed by atoms with Crippen LogP contribution in [0, 0.1) is 0 Å². The van der Waals surface area contributed by atoms with E-state index < -0.39 is 0 Å². The minimum atomic E-state index is -0.203. The van der Waals surface area contributed by atoms with E-state index in [1.165, 1.54) is 0 Å². The molecule has 3 aromatic rings. The minimum Gasteiger partial charge on any atom is -0.494 e. The predicted molar refractivity (Wildman–Crippen MR) is 108 cm³/mol. The summed E-state index contributed by atoms with van der Waals surface area (Å²) in [6.07, 6.45) is 0.